The van der Waals surface area contributed by atoms with Crippen molar-refractivity contribution in [1.82, 2.24) is 20.5 Å². The lowest BCUT2D eigenvalue weighted by Crippen LogP contribution is -2.36. The number of nitrogens with zero attached hydrogens (tertiary/aromatic N) is 3. The summed E-state index contributed by atoms with van der Waals surface area (Å²) in [7, 11) is 5.53. The summed E-state index contributed by atoms with van der Waals surface area (Å²) in [5, 5.41) is 6.58. The highest BCUT2D eigenvalue weighted by Gasteiger charge is 2.02. The largest absolute Gasteiger partial charge is 0.492 e. The second-order valence-corrected chi connectivity index (χ2v) is 6.39. The van der Waals surface area contributed by atoms with Crippen molar-refractivity contribution in [2.24, 2.45) is 4.99 Å². The molecule has 1 aromatic carbocycles. The number of guanidine groups is 1. The van der Waals surface area contributed by atoms with Crippen LogP contribution in [-0.4, -0.2) is 63.4 Å². The summed E-state index contributed by atoms with van der Waals surface area (Å²) in [6.45, 7) is 4.41. The van der Waals surface area contributed by atoms with Crippen LogP contribution in [0.2, 0.25) is 0 Å². The van der Waals surface area contributed by atoms with Crippen LogP contribution in [0, 0.1) is 0 Å². The molecule has 0 unspecified atom stereocenters. The number of nitrogens with one attached hydrogen (secondary N) is 2. The third-order valence-electron chi connectivity index (χ3n) is 4.16. The maximum Gasteiger partial charge on any atom is 0.191 e. The Balaban J connectivity index is 1.75. The van der Waals surface area contributed by atoms with Crippen molar-refractivity contribution in [3.05, 3.63) is 59.9 Å². The zero-order valence-electron chi connectivity index (χ0n) is 17.0. The third kappa shape index (κ3) is 8.37. The highest BCUT2D eigenvalue weighted by Crippen LogP contribution is 2.13. The van der Waals surface area contributed by atoms with Crippen LogP contribution >= 0.6 is 0 Å². The van der Waals surface area contributed by atoms with Gasteiger partial charge in [0.15, 0.2) is 5.96 Å². The van der Waals surface area contributed by atoms with E-state index in [0.29, 0.717) is 19.7 Å². The molecule has 0 aliphatic carbocycles. The lowest BCUT2D eigenvalue weighted by molar-refractivity contribution is 0.150. The molecule has 2 aromatic rings. The summed E-state index contributed by atoms with van der Waals surface area (Å²) in [5.41, 5.74) is 2.10. The quantitative estimate of drug-likeness (QED) is 0.455. The molecule has 0 amide bonds. The van der Waals surface area contributed by atoms with Crippen LogP contribution in [0.5, 0.6) is 5.75 Å². The van der Waals surface area contributed by atoms with Crippen LogP contribution < -0.4 is 15.4 Å². The van der Waals surface area contributed by atoms with Crippen LogP contribution in [0.25, 0.3) is 0 Å². The number of hydrogen-bond donors (Lipinski definition) is 2. The molecule has 0 spiro atoms. The molecule has 0 aliphatic heterocycles. The standard InChI is InChI=1S/C21H31N5O2/c1-22-21(25-17-19-8-4-5-10-23-19)24-16-18-7-6-9-20(15-18)28-14-12-26(2)11-13-27-3/h4-10,15H,11-14,16-17H2,1-3H3,(H2,22,24,25). The number of likely N-dealkylation sites (N-methyl/N-ethyl adjacent to an activating group) is 1. The van der Waals surface area contributed by atoms with E-state index in [-0.39, 0.29) is 0 Å². The van der Waals surface area contributed by atoms with Crippen molar-refractivity contribution in [2.45, 2.75) is 13.1 Å². The van der Waals surface area contributed by atoms with Gasteiger partial charge in [-0.3, -0.25) is 9.98 Å². The molecular weight excluding hydrogens is 354 g/mol. The Morgan fingerprint density at radius 2 is 1.89 bits per heavy atom. The average Bonchev–Trinajstić information content (AvgIpc) is 2.73. The topological polar surface area (TPSA) is 71.0 Å². The van der Waals surface area contributed by atoms with Crippen LogP contribution in [0.15, 0.2) is 53.7 Å². The molecule has 2 rings (SSSR count). The van der Waals surface area contributed by atoms with Gasteiger partial charge in [-0.05, 0) is 36.9 Å². The second kappa shape index (κ2) is 12.7. The van der Waals surface area contributed by atoms with E-state index in [2.05, 4.69) is 38.6 Å². The first kappa shape index (κ1) is 21.7. The number of rotatable bonds is 11. The highest BCUT2D eigenvalue weighted by atomic mass is 16.5. The third-order valence-corrected chi connectivity index (χ3v) is 4.16. The average molecular weight is 386 g/mol. The van der Waals surface area contributed by atoms with Gasteiger partial charge in [-0.15, -0.1) is 0 Å². The molecule has 0 saturated heterocycles. The van der Waals surface area contributed by atoms with Gasteiger partial charge in [0.1, 0.15) is 12.4 Å². The van der Waals surface area contributed by atoms with E-state index < -0.39 is 0 Å². The fourth-order valence-corrected chi connectivity index (χ4v) is 2.51. The van der Waals surface area contributed by atoms with Crippen LogP contribution in [0.4, 0.5) is 0 Å². The van der Waals surface area contributed by atoms with Gasteiger partial charge in [-0.2, -0.15) is 0 Å². The molecule has 152 valence electrons. The fraction of sp³-hybridized carbons (Fsp3) is 0.429. The molecule has 7 heteroatoms. The van der Waals surface area contributed by atoms with Crippen molar-refractivity contribution in [3.8, 4) is 5.75 Å². The zero-order valence-corrected chi connectivity index (χ0v) is 17.0. The van der Waals surface area contributed by atoms with Crippen LogP contribution in [0.1, 0.15) is 11.3 Å². The van der Waals surface area contributed by atoms with E-state index in [1.54, 1.807) is 20.4 Å². The minimum absolute atomic E-state index is 0.625. The van der Waals surface area contributed by atoms with Gasteiger partial charge in [0.2, 0.25) is 0 Å². The Morgan fingerprint density at radius 3 is 2.64 bits per heavy atom. The molecule has 0 atom stereocenters. The molecule has 1 aromatic heterocycles. The first-order chi connectivity index (χ1) is 13.7. The van der Waals surface area contributed by atoms with Crippen molar-refractivity contribution in [2.75, 3.05) is 47.5 Å². The Kier molecular flexibility index (Phi) is 9.82. The van der Waals surface area contributed by atoms with Crippen molar-refractivity contribution >= 4 is 5.96 Å². The lowest BCUT2D eigenvalue weighted by atomic mass is 10.2. The minimum Gasteiger partial charge on any atom is -0.492 e. The van der Waals surface area contributed by atoms with Crippen LogP contribution in [0.3, 0.4) is 0 Å². The van der Waals surface area contributed by atoms with E-state index in [0.717, 1.165) is 42.7 Å². The molecule has 1 heterocycles. The molecule has 0 bridgehead atoms. The summed E-state index contributed by atoms with van der Waals surface area (Å²) in [4.78, 5) is 10.7. The number of pyridine rings is 1. The predicted molar refractivity (Wildman–Crippen MR) is 113 cm³/mol. The van der Waals surface area contributed by atoms with E-state index in [1.165, 1.54) is 0 Å². The molecule has 0 radical (unpaired) electrons. The van der Waals surface area contributed by atoms with Crippen molar-refractivity contribution in [3.63, 3.8) is 0 Å². The van der Waals surface area contributed by atoms with E-state index >= 15 is 0 Å². The summed E-state index contributed by atoms with van der Waals surface area (Å²) in [5.74, 6) is 1.60. The van der Waals surface area contributed by atoms with Gasteiger partial charge < -0.3 is 25.0 Å². The first-order valence-corrected chi connectivity index (χ1v) is 9.45. The molecule has 0 aliphatic rings. The summed E-state index contributed by atoms with van der Waals surface area (Å²) in [6.07, 6.45) is 1.79. The SMILES string of the molecule is CN=C(NCc1cccc(OCCN(C)CCOC)c1)NCc1ccccn1. The van der Waals surface area contributed by atoms with E-state index in [9.17, 15) is 0 Å². The predicted octanol–water partition coefficient (Wildman–Crippen LogP) is 1.90. The van der Waals surface area contributed by atoms with Gasteiger partial charge in [-0.1, -0.05) is 18.2 Å². The maximum atomic E-state index is 5.87. The van der Waals surface area contributed by atoms with Crippen LogP contribution in [-0.2, 0) is 17.8 Å². The lowest BCUT2D eigenvalue weighted by Gasteiger charge is -2.16. The number of aliphatic imine (C=N–C) groups is 1. The van der Waals surface area contributed by atoms with Gasteiger partial charge in [0, 0.05) is 40.0 Å². The Morgan fingerprint density at radius 1 is 1.07 bits per heavy atom. The van der Waals surface area contributed by atoms with E-state index in [4.69, 9.17) is 9.47 Å². The molecule has 2 N–H and O–H groups in total. The van der Waals surface area contributed by atoms with Crippen molar-refractivity contribution in [1.29, 1.82) is 0 Å². The highest BCUT2D eigenvalue weighted by molar-refractivity contribution is 5.79. The molecule has 0 fully saturated rings. The molecule has 0 saturated carbocycles. The fourth-order valence-electron chi connectivity index (χ4n) is 2.51. The van der Waals surface area contributed by atoms with Gasteiger partial charge in [0.05, 0.1) is 18.8 Å². The number of aromatic nitrogens is 1. The number of benzene rings is 1. The Hall–Kier alpha value is -2.64. The Bertz CT molecular complexity index is 709. The number of methoxy groups -OCH3 is 1. The first-order valence-electron chi connectivity index (χ1n) is 9.45. The van der Waals surface area contributed by atoms with Crippen molar-refractivity contribution < 1.29 is 9.47 Å². The van der Waals surface area contributed by atoms with Gasteiger partial charge in [-0.25, -0.2) is 0 Å². The molecular formula is C21H31N5O2. The minimum atomic E-state index is 0.625. The smallest absolute Gasteiger partial charge is 0.191 e. The van der Waals surface area contributed by atoms with Gasteiger partial charge in [0.25, 0.3) is 0 Å². The summed E-state index contributed by atoms with van der Waals surface area (Å²) < 4.78 is 11.0. The normalized spacial score (nSPS) is 11.5. The maximum absolute atomic E-state index is 5.87. The Labute approximate surface area is 167 Å². The second-order valence-electron chi connectivity index (χ2n) is 6.39. The number of ether oxygens (including phenoxy) is 2. The van der Waals surface area contributed by atoms with Gasteiger partial charge >= 0.3 is 0 Å². The molecule has 7 nitrogen and oxygen atoms in total. The monoisotopic (exact) mass is 385 g/mol. The molecule has 28 heavy (non-hydrogen) atoms. The summed E-state index contributed by atoms with van der Waals surface area (Å²) >= 11 is 0. The van der Waals surface area contributed by atoms with E-state index in [1.807, 2.05) is 36.4 Å². The zero-order chi connectivity index (χ0) is 20.0. The number of hydrogen-bond acceptors (Lipinski definition) is 5. The summed E-state index contributed by atoms with van der Waals surface area (Å²) in [6, 6.07) is 14.0.